The van der Waals surface area contributed by atoms with Crippen LogP contribution in [-0.2, 0) is 25.6 Å². The van der Waals surface area contributed by atoms with Crippen molar-refractivity contribution in [2.75, 3.05) is 40.3 Å². The number of aromatic amines is 1. The van der Waals surface area contributed by atoms with E-state index in [0.29, 0.717) is 17.1 Å². The molecule has 6 amide bonds. The highest BCUT2D eigenvalue weighted by atomic mass is 32.1. The number of carbonyl (C=O) groups excluding carboxylic acids is 6. The summed E-state index contributed by atoms with van der Waals surface area (Å²) in [7, 11) is 3.00. The summed E-state index contributed by atoms with van der Waals surface area (Å²) in [6.45, 7) is 6.62. The summed E-state index contributed by atoms with van der Waals surface area (Å²) in [6, 6.07) is 10.00. The molecule has 0 aliphatic carbocycles. The average molecular weight is 758 g/mol. The maximum atomic E-state index is 13.9. The van der Waals surface area contributed by atoms with E-state index in [4.69, 9.17) is 0 Å². The summed E-state index contributed by atoms with van der Waals surface area (Å²) in [5.74, 6) is -2.95. The maximum absolute atomic E-state index is 13.9. The van der Waals surface area contributed by atoms with Crippen LogP contribution < -0.4 is 16.0 Å². The Morgan fingerprint density at radius 2 is 1.61 bits per heavy atom. The van der Waals surface area contributed by atoms with Crippen LogP contribution in [0.4, 0.5) is 0 Å². The van der Waals surface area contributed by atoms with Crippen molar-refractivity contribution in [2.45, 2.75) is 58.7 Å². The molecule has 54 heavy (non-hydrogen) atoms. The van der Waals surface area contributed by atoms with Crippen LogP contribution in [0.3, 0.4) is 0 Å². The minimum atomic E-state index is -1.07. The fourth-order valence-electron chi connectivity index (χ4n) is 6.31. The van der Waals surface area contributed by atoms with Crippen molar-refractivity contribution >= 4 is 57.7 Å². The van der Waals surface area contributed by atoms with Gasteiger partial charge in [0.25, 0.3) is 11.8 Å². The quantitative estimate of drug-likeness (QED) is 0.239. The van der Waals surface area contributed by atoms with Gasteiger partial charge in [-0.25, -0.2) is 9.97 Å². The SMILES string of the molecule is Cc1cccc(C(=O)N2CCN(C)C(=O)[C@H](C)NC(=O)CN(C)C(=O)[C@@H](Cc3c[nH]c4ccccc34)NC(=O)c3csc(n3)[C@H](CC(C)C)NC(=O)C2)n1. The van der Waals surface area contributed by atoms with Crippen molar-refractivity contribution in [3.8, 4) is 0 Å². The van der Waals surface area contributed by atoms with Gasteiger partial charge in [0, 0.05) is 61.8 Å². The van der Waals surface area contributed by atoms with Crippen molar-refractivity contribution in [3.63, 3.8) is 0 Å². The third-order valence-electron chi connectivity index (χ3n) is 9.11. The summed E-state index contributed by atoms with van der Waals surface area (Å²) in [5, 5.41) is 11.4. The third kappa shape index (κ3) is 9.86. The Balaban J connectivity index is 1.47. The molecule has 286 valence electrons. The first-order valence-corrected chi connectivity index (χ1v) is 18.7. The molecule has 2 bridgehead atoms. The summed E-state index contributed by atoms with van der Waals surface area (Å²) in [6.07, 6.45) is 2.40. The van der Waals surface area contributed by atoms with Crippen LogP contribution >= 0.6 is 11.3 Å². The smallest absolute Gasteiger partial charge is 0.272 e. The Labute approximate surface area is 317 Å². The molecule has 4 N–H and O–H groups in total. The lowest BCUT2D eigenvalue weighted by atomic mass is 10.0. The largest absolute Gasteiger partial charge is 0.361 e. The molecule has 1 aliphatic heterocycles. The molecule has 15 nitrogen and oxygen atoms in total. The number of fused-ring (bicyclic) bond motifs is 3. The fourth-order valence-corrected chi connectivity index (χ4v) is 7.17. The van der Waals surface area contributed by atoms with Crippen molar-refractivity contribution in [2.24, 2.45) is 5.92 Å². The number of benzene rings is 1. The lowest BCUT2D eigenvalue weighted by Gasteiger charge is -2.28. The van der Waals surface area contributed by atoms with Gasteiger partial charge in [-0.15, -0.1) is 11.3 Å². The van der Waals surface area contributed by atoms with E-state index in [1.807, 2.05) is 38.1 Å². The summed E-state index contributed by atoms with van der Waals surface area (Å²) < 4.78 is 0. The van der Waals surface area contributed by atoms with Gasteiger partial charge in [0.1, 0.15) is 28.5 Å². The predicted octanol–water partition coefficient (Wildman–Crippen LogP) is 2.45. The third-order valence-corrected chi connectivity index (χ3v) is 10.1. The number of rotatable bonds is 5. The number of nitrogens with zero attached hydrogens (tertiary/aromatic N) is 5. The predicted molar refractivity (Wildman–Crippen MR) is 203 cm³/mol. The average Bonchev–Trinajstić information content (AvgIpc) is 3.79. The first-order chi connectivity index (χ1) is 25.7. The van der Waals surface area contributed by atoms with Crippen LogP contribution in [0.1, 0.15) is 70.5 Å². The molecule has 4 aromatic rings. The molecule has 5 rings (SSSR count). The molecule has 3 aromatic heterocycles. The van der Waals surface area contributed by atoms with Crippen LogP contribution in [-0.4, -0.2) is 117 Å². The molecule has 0 radical (unpaired) electrons. The van der Waals surface area contributed by atoms with E-state index in [0.717, 1.165) is 16.5 Å². The zero-order chi connectivity index (χ0) is 39.1. The minimum absolute atomic E-state index is 0.00371. The van der Waals surface area contributed by atoms with Gasteiger partial charge in [-0.1, -0.05) is 38.1 Å². The lowest BCUT2D eigenvalue weighted by Crippen LogP contribution is -2.53. The van der Waals surface area contributed by atoms with Gasteiger partial charge in [-0.05, 0) is 49.9 Å². The number of aromatic nitrogens is 3. The van der Waals surface area contributed by atoms with Gasteiger partial charge in [0.2, 0.25) is 23.6 Å². The number of hydrogen-bond donors (Lipinski definition) is 4. The van der Waals surface area contributed by atoms with E-state index in [9.17, 15) is 28.8 Å². The Kier molecular flexibility index (Phi) is 12.8. The molecule has 16 heteroatoms. The van der Waals surface area contributed by atoms with E-state index < -0.39 is 53.6 Å². The fraction of sp³-hybridized carbons (Fsp3) is 0.421. The molecule has 1 aliphatic rings. The number of pyridine rings is 1. The van der Waals surface area contributed by atoms with Gasteiger partial charge >= 0.3 is 0 Å². The standard InChI is InChI=1S/C38H47N9O6S/c1-22(2)16-29-35-44-31(21-54-35)34(50)43-30(17-25-18-39-27-12-8-7-11-26(25)27)37(52)46(6)19-32(48)41-24(4)36(51)45(5)14-15-47(20-33(49)42-29)38(53)28-13-9-10-23(3)40-28/h7-13,18,21-22,24,29-30,39H,14-17,19-20H2,1-6H3,(H,41,48)(H,42,49)(H,43,50)/t24-,29-,30+/m0/s1. The molecule has 0 unspecified atom stereocenters. The second-order valence-electron chi connectivity index (χ2n) is 14.0. The van der Waals surface area contributed by atoms with Crippen LogP contribution in [0.25, 0.3) is 10.9 Å². The second-order valence-corrected chi connectivity index (χ2v) is 14.9. The van der Waals surface area contributed by atoms with Crippen LogP contribution in [0.15, 0.2) is 54.0 Å². The number of hydrogen-bond acceptors (Lipinski definition) is 9. The van der Waals surface area contributed by atoms with Crippen molar-refractivity contribution in [1.29, 1.82) is 0 Å². The molecular weight excluding hydrogens is 711 g/mol. The Bertz CT molecular complexity index is 2030. The highest BCUT2D eigenvalue weighted by molar-refractivity contribution is 7.09. The first-order valence-electron chi connectivity index (χ1n) is 17.8. The second kappa shape index (κ2) is 17.5. The number of H-pyrrole nitrogens is 1. The van der Waals surface area contributed by atoms with E-state index in [2.05, 4.69) is 30.9 Å². The minimum Gasteiger partial charge on any atom is -0.361 e. The molecule has 0 saturated carbocycles. The molecule has 1 aromatic carbocycles. The number of para-hydroxylation sites is 1. The summed E-state index contributed by atoms with van der Waals surface area (Å²) in [4.78, 5) is 97.6. The maximum Gasteiger partial charge on any atom is 0.272 e. The van der Waals surface area contributed by atoms with Crippen LogP contribution in [0.5, 0.6) is 0 Å². The molecule has 0 saturated heterocycles. The molecule has 0 spiro atoms. The highest BCUT2D eigenvalue weighted by Crippen LogP contribution is 2.25. The van der Waals surface area contributed by atoms with Gasteiger partial charge in [0.15, 0.2) is 0 Å². The van der Waals surface area contributed by atoms with Crippen LogP contribution in [0.2, 0.25) is 0 Å². The van der Waals surface area contributed by atoms with Crippen molar-refractivity contribution < 1.29 is 28.8 Å². The Morgan fingerprint density at radius 1 is 0.870 bits per heavy atom. The summed E-state index contributed by atoms with van der Waals surface area (Å²) in [5.41, 5.74) is 2.51. The monoisotopic (exact) mass is 757 g/mol. The number of carbonyl (C=O) groups is 6. The zero-order valence-electron chi connectivity index (χ0n) is 31.3. The van der Waals surface area contributed by atoms with E-state index in [1.54, 1.807) is 43.7 Å². The number of amides is 6. The van der Waals surface area contributed by atoms with Crippen LogP contribution in [0, 0.1) is 12.8 Å². The normalized spacial score (nSPS) is 20.1. The van der Waals surface area contributed by atoms with Gasteiger partial charge < -0.3 is 35.6 Å². The van der Waals surface area contributed by atoms with E-state index in [1.165, 1.54) is 40.0 Å². The Morgan fingerprint density at radius 3 is 2.35 bits per heavy atom. The molecule has 4 heterocycles. The molecule has 0 fully saturated rings. The molecule has 3 atom stereocenters. The van der Waals surface area contributed by atoms with E-state index >= 15 is 0 Å². The van der Waals surface area contributed by atoms with Gasteiger partial charge in [-0.3, -0.25) is 28.8 Å². The van der Waals surface area contributed by atoms with Gasteiger partial charge in [-0.2, -0.15) is 0 Å². The van der Waals surface area contributed by atoms with Crippen molar-refractivity contribution in [1.82, 2.24) is 45.6 Å². The molecular formula is C38H47N9O6S. The number of likely N-dealkylation sites (N-methyl/N-ethyl adjacent to an activating group) is 2. The first kappa shape index (κ1) is 39.6. The van der Waals surface area contributed by atoms with Gasteiger partial charge in [0.05, 0.1) is 19.1 Å². The topological polar surface area (TPSA) is 190 Å². The number of aryl methyl sites for hydroxylation is 1. The lowest BCUT2D eigenvalue weighted by molar-refractivity contribution is -0.138. The number of nitrogens with one attached hydrogen (secondary N) is 4. The summed E-state index contributed by atoms with van der Waals surface area (Å²) >= 11 is 1.20. The van der Waals surface area contributed by atoms with E-state index in [-0.39, 0.29) is 49.9 Å². The number of thiazole rings is 1. The van der Waals surface area contributed by atoms with Crippen molar-refractivity contribution in [3.05, 3.63) is 81.7 Å². The highest BCUT2D eigenvalue weighted by Gasteiger charge is 2.31. The zero-order valence-corrected chi connectivity index (χ0v) is 32.2. The Hall–Kier alpha value is -5.64.